The minimum Gasteiger partial charge on any atom is -0.461 e. The minimum atomic E-state index is -0.748. The Labute approximate surface area is 195 Å². The van der Waals surface area contributed by atoms with Crippen LogP contribution in [-0.4, -0.2) is 34.7 Å². The average molecular weight is 473 g/mol. The van der Waals surface area contributed by atoms with Gasteiger partial charge in [0.2, 0.25) is 0 Å². The molecule has 0 bridgehead atoms. The molecule has 1 heterocycles. The van der Waals surface area contributed by atoms with Gasteiger partial charge in [-0.05, 0) is 63.2 Å². The van der Waals surface area contributed by atoms with Gasteiger partial charge in [0.15, 0.2) is 11.4 Å². The monoisotopic (exact) mass is 472 g/mol. The zero-order valence-electron chi connectivity index (χ0n) is 18.5. The van der Waals surface area contributed by atoms with Crippen LogP contribution in [-0.2, 0) is 25.6 Å². The molecule has 3 N–H and O–H groups in total. The smallest absolute Gasteiger partial charge is 0.357 e. The molecule has 3 rings (SSSR count). The van der Waals surface area contributed by atoms with Crippen LogP contribution in [0.3, 0.4) is 0 Å². The van der Waals surface area contributed by atoms with Gasteiger partial charge >= 0.3 is 17.6 Å². The van der Waals surface area contributed by atoms with Crippen LogP contribution in [0.4, 0.5) is 11.4 Å². The van der Waals surface area contributed by atoms with E-state index in [1.807, 2.05) is 6.92 Å². The van der Waals surface area contributed by atoms with Gasteiger partial charge in [-0.3, -0.25) is 4.57 Å². The number of esters is 2. The zero-order valence-corrected chi connectivity index (χ0v) is 19.3. The molecule has 0 fully saturated rings. The highest BCUT2D eigenvalue weighted by molar-refractivity contribution is 6.30. The first-order valence-electron chi connectivity index (χ1n) is 10.5. The summed E-state index contributed by atoms with van der Waals surface area (Å²) in [6, 6.07) is 11.7. The van der Waals surface area contributed by atoms with Crippen LogP contribution in [0.1, 0.15) is 20.8 Å². The van der Waals surface area contributed by atoms with Gasteiger partial charge in [-0.1, -0.05) is 11.6 Å². The number of carbonyl (C=O) groups excluding carboxylic acids is 2. The molecule has 33 heavy (non-hydrogen) atoms. The first-order valence-corrected chi connectivity index (χ1v) is 10.9. The van der Waals surface area contributed by atoms with Crippen molar-refractivity contribution < 1.29 is 19.1 Å². The summed E-state index contributed by atoms with van der Waals surface area (Å²) in [5.74, 6) is -1.49. The van der Waals surface area contributed by atoms with Crippen molar-refractivity contribution in [1.82, 2.24) is 9.55 Å². The predicted molar refractivity (Wildman–Crippen MR) is 127 cm³/mol. The zero-order chi connectivity index (χ0) is 24.0. The first-order chi connectivity index (χ1) is 15.9. The molecule has 0 saturated carbocycles. The second-order valence-corrected chi connectivity index (χ2v) is 7.29. The number of aryl methyl sites for hydroxylation is 1. The molecule has 0 saturated heterocycles. The number of hydrogen-bond acceptors (Lipinski definition) is 7. The number of benzene rings is 2. The van der Waals surface area contributed by atoms with Gasteiger partial charge in [0, 0.05) is 22.9 Å². The molecule has 10 heteroatoms. The number of ether oxygens (including phenoxy) is 2. The third-order valence-corrected chi connectivity index (χ3v) is 4.93. The summed E-state index contributed by atoms with van der Waals surface area (Å²) >= 11 is 5.95. The van der Waals surface area contributed by atoms with Crippen molar-refractivity contribution in [3.63, 3.8) is 0 Å². The number of nitrogens with zero attached hydrogens (tertiary/aromatic N) is 1. The molecule has 0 atom stereocenters. The van der Waals surface area contributed by atoms with E-state index in [2.05, 4.69) is 15.6 Å². The summed E-state index contributed by atoms with van der Waals surface area (Å²) in [7, 11) is 0. The molecule has 0 radical (unpaired) electrons. The number of nitrogens with one attached hydrogen (secondary N) is 3. The molecule has 3 aromatic rings. The van der Waals surface area contributed by atoms with Crippen LogP contribution in [0.25, 0.3) is 11.0 Å². The van der Waals surface area contributed by atoms with Crippen molar-refractivity contribution in [2.45, 2.75) is 27.3 Å². The number of rotatable bonds is 9. The van der Waals surface area contributed by atoms with E-state index in [1.165, 1.54) is 0 Å². The summed E-state index contributed by atoms with van der Waals surface area (Å²) in [4.78, 5) is 40.5. The molecular weight excluding hydrogens is 448 g/mol. The van der Waals surface area contributed by atoms with E-state index in [0.717, 1.165) is 5.52 Å². The fraction of sp³-hybridized carbons (Fsp3) is 0.261. The van der Waals surface area contributed by atoms with Crippen LogP contribution in [0.5, 0.6) is 0 Å². The van der Waals surface area contributed by atoms with Gasteiger partial charge in [0.25, 0.3) is 0 Å². The van der Waals surface area contributed by atoms with E-state index in [0.29, 0.717) is 28.5 Å². The summed E-state index contributed by atoms with van der Waals surface area (Å²) in [5, 5.41) is 6.41. The highest BCUT2D eigenvalue weighted by Gasteiger charge is 2.25. The van der Waals surface area contributed by atoms with Crippen molar-refractivity contribution in [2.24, 2.45) is 0 Å². The summed E-state index contributed by atoms with van der Waals surface area (Å²) in [6.07, 6.45) is 0. The third-order valence-electron chi connectivity index (χ3n) is 4.68. The molecular formula is C23H25ClN4O5. The number of imidazole rings is 1. The van der Waals surface area contributed by atoms with Crippen molar-refractivity contribution in [1.29, 1.82) is 0 Å². The molecule has 0 amide bonds. The SMILES string of the molecule is CCOC(=O)/C(Nc1ccc(Cl)cc1)=C(/Nc1ccc2c(c1)[nH]c(=O)n2CC)C(=O)OCC. The minimum absolute atomic E-state index is 0.104. The fourth-order valence-electron chi connectivity index (χ4n) is 3.21. The molecule has 174 valence electrons. The Kier molecular flexibility index (Phi) is 7.78. The molecule has 0 spiro atoms. The molecule has 0 aliphatic heterocycles. The largest absolute Gasteiger partial charge is 0.461 e. The Morgan fingerprint density at radius 3 is 2.00 bits per heavy atom. The number of carbonyl (C=O) groups is 2. The number of fused-ring (bicyclic) bond motifs is 1. The van der Waals surface area contributed by atoms with Crippen molar-refractivity contribution in [3.8, 4) is 0 Å². The number of halogens is 1. The van der Waals surface area contributed by atoms with Crippen LogP contribution in [0.15, 0.2) is 58.7 Å². The fourth-order valence-corrected chi connectivity index (χ4v) is 3.34. The average Bonchev–Trinajstić information content (AvgIpc) is 3.11. The molecule has 2 aromatic carbocycles. The Bertz CT molecular complexity index is 1240. The second-order valence-electron chi connectivity index (χ2n) is 6.85. The van der Waals surface area contributed by atoms with Gasteiger partial charge in [-0.2, -0.15) is 0 Å². The van der Waals surface area contributed by atoms with Crippen molar-refractivity contribution >= 4 is 45.9 Å². The highest BCUT2D eigenvalue weighted by atomic mass is 35.5. The standard InChI is InChI=1S/C23H25ClN4O5/c1-4-28-18-12-11-16(13-17(18)27-23(28)31)26-20(22(30)33-6-3)19(21(29)32-5-2)25-15-9-7-14(24)8-10-15/h7-13,25-26H,4-6H2,1-3H3,(H,27,31)/b20-19-. The molecule has 9 nitrogen and oxygen atoms in total. The van der Waals surface area contributed by atoms with Gasteiger partial charge < -0.3 is 25.1 Å². The summed E-state index contributed by atoms with van der Waals surface area (Å²) in [5.41, 5.74) is 1.79. The molecule has 0 unspecified atom stereocenters. The highest BCUT2D eigenvalue weighted by Crippen LogP contribution is 2.22. The van der Waals surface area contributed by atoms with Crippen molar-refractivity contribution in [2.75, 3.05) is 23.8 Å². The Hall–Kier alpha value is -3.72. The lowest BCUT2D eigenvalue weighted by molar-refractivity contribution is -0.141. The normalized spacial score (nSPS) is 11.6. The van der Waals surface area contributed by atoms with E-state index in [-0.39, 0.29) is 30.3 Å². The van der Waals surface area contributed by atoms with E-state index in [9.17, 15) is 14.4 Å². The van der Waals surface area contributed by atoms with Crippen LogP contribution in [0, 0.1) is 0 Å². The van der Waals surface area contributed by atoms with E-state index >= 15 is 0 Å². The quantitative estimate of drug-likeness (QED) is 0.320. The van der Waals surface area contributed by atoms with Gasteiger partial charge in [-0.25, -0.2) is 14.4 Å². The van der Waals surface area contributed by atoms with Crippen LogP contribution in [0.2, 0.25) is 5.02 Å². The lowest BCUT2D eigenvalue weighted by Crippen LogP contribution is -2.25. The Balaban J connectivity index is 2.08. The maximum atomic E-state index is 12.8. The Morgan fingerprint density at radius 2 is 1.45 bits per heavy atom. The maximum Gasteiger partial charge on any atom is 0.357 e. The van der Waals surface area contributed by atoms with Gasteiger partial charge in [-0.15, -0.1) is 0 Å². The topological polar surface area (TPSA) is 114 Å². The number of aromatic amines is 1. The predicted octanol–water partition coefficient (Wildman–Crippen LogP) is 3.86. The molecule has 0 aliphatic carbocycles. The number of anilines is 2. The third kappa shape index (κ3) is 5.56. The summed E-state index contributed by atoms with van der Waals surface area (Å²) < 4.78 is 11.9. The van der Waals surface area contributed by atoms with E-state index < -0.39 is 11.9 Å². The number of H-pyrrole nitrogens is 1. The van der Waals surface area contributed by atoms with Gasteiger partial charge in [0.1, 0.15) is 0 Å². The van der Waals surface area contributed by atoms with Crippen LogP contribution < -0.4 is 16.3 Å². The second kappa shape index (κ2) is 10.7. The maximum absolute atomic E-state index is 12.8. The summed E-state index contributed by atoms with van der Waals surface area (Å²) in [6.45, 7) is 5.92. The molecule has 0 aliphatic rings. The van der Waals surface area contributed by atoms with Crippen LogP contribution >= 0.6 is 11.6 Å². The Morgan fingerprint density at radius 1 is 0.909 bits per heavy atom. The molecule has 1 aromatic heterocycles. The number of aromatic nitrogens is 2. The van der Waals surface area contributed by atoms with E-state index in [4.69, 9.17) is 21.1 Å². The number of hydrogen-bond donors (Lipinski definition) is 3. The van der Waals surface area contributed by atoms with E-state index in [1.54, 1.807) is 60.9 Å². The van der Waals surface area contributed by atoms with Gasteiger partial charge in [0.05, 0.1) is 24.2 Å². The van der Waals surface area contributed by atoms with Crippen molar-refractivity contribution in [3.05, 3.63) is 69.4 Å². The lowest BCUT2D eigenvalue weighted by atomic mass is 10.2. The first kappa shape index (κ1) is 23.9. The lowest BCUT2D eigenvalue weighted by Gasteiger charge is -2.17.